The van der Waals surface area contributed by atoms with Crippen LogP contribution in [0.4, 0.5) is 14.6 Å². The number of ether oxygens (including phenoxy) is 1. The Labute approximate surface area is 131 Å². The van der Waals surface area contributed by atoms with Crippen LogP contribution in [0.1, 0.15) is 5.56 Å². The van der Waals surface area contributed by atoms with Crippen molar-refractivity contribution in [3.05, 3.63) is 42.4 Å². The fourth-order valence-electron chi connectivity index (χ4n) is 2.38. The van der Waals surface area contributed by atoms with Crippen LogP contribution in [0.25, 0.3) is 11.0 Å². The van der Waals surface area contributed by atoms with E-state index in [-0.39, 0.29) is 5.75 Å². The Hall–Kier alpha value is -2.77. The van der Waals surface area contributed by atoms with Gasteiger partial charge in [0, 0.05) is 20.6 Å². The number of rotatable bonds is 5. The Bertz CT molecular complexity index is 803. The van der Waals surface area contributed by atoms with Crippen molar-refractivity contribution in [3.63, 3.8) is 0 Å². The van der Waals surface area contributed by atoms with Gasteiger partial charge in [0.2, 0.25) is 0 Å². The molecule has 3 aromatic rings. The quantitative estimate of drug-likeness (QED) is 0.723. The third-order valence-electron chi connectivity index (χ3n) is 3.44. The van der Waals surface area contributed by atoms with Crippen molar-refractivity contribution >= 4 is 16.9 Å². The summed E-state index contributed by atoms with van der Waals surface area (Å²) in [6, 6.07) is 6.54. The number of fused-ring (bicyclic) bond motifs is 1. The van der Waals surface area contributed by atoms with Crippen LogP contribution in [0.2, 0.25) is 0 Å². The zero-order chi connectivity index (χ0) is 16.4. The SMILES string of the molecule is CN(Cc1ccc(OC(F)F)cc1)c1ncnc2c1cnn2C. The number of aromatic nitrogens is 4. The van der Waals surface area contributed by atoms with Gasteiger partial charge in [-0.3, -0.25) is 4.68 Å². The van der Waals surface area contributed by atoms with Gasteiger partial charge in [0.15, 0.2) is 5.65 Å². The van der Waals surface area contributed by atoms with Crippen molar-refractivity contribution in [1.82, 2.24) is 19.7 Å². The van der Waals surface area contributed by atoms with Crippen LogP contribution >= 0.6 is 0 Å². The Morgan fingerprint density at radius 3 is 2.65 bits per heavy atom. The zero-order valence-electron chi connectivity index (χ0n) is 12.6. The highest BCUT2D eigenvalue weighted by Crippen LogP contribution is 2.23. The molecule has 0 spiro atoms. The molecule has 0 aliphatic carbocycles. The molecule has 1 aromatic carbocycles. The van der Waals surface area contributed by atoms with E-state index in [4.69, 9.17) is 0 Å². The number of anilines is 1. The minimum atomic E-state index is -2.82. The predicted molar refractivity (Wildman–Crippen MR) is 81.5 cm³/mol. The van der Waals surface area contributed by atoms with Gasteiger partial charge in [0.05, 0.1) is 11.6 Å². The molecule has 0 saturated carbocycles. The van der Waals surface area contributed by atoms with Gasteiger partial charge < -0.3 is 9.64 Å². The van der Waals surface area contributed by atoms with Crippen LogP contribution in [0.15, 0.2) is 36.8 Å². The first kappa shape index (κ1) is 15.1. The Kier molecular flexibility index (Phi) is 4.05. The summed E-state index contributed by atoms with van der Waals surface area (Å²) in [5.41, 5.74) is 1.70. The molecule has 0 amide bonds. The number of halogens is 2. The summed E-state index contributed by atoms with van der Waals surface area (Å²) in [5, 5.41) is 5.04. The summed E-state index contributed by atoms with van der Waals surface area (Å²) >= 11 is 0. The molecule has 0 bridgehead atoms. The van der Waals surface area contributed by atoms with Gasteiger partial charge in [-0.1, -0.05) is 12.1 Å². The lowest BCUT2D eigenvalue weighted by molar-refractivity contribution is -0.0498. The Balaban J connectivity index is 1.79. The molecule has 0 fully saturated rings. The highest BCUT2D eigenvalue weighted by molar-refractivity contribution is 5.86. The monoisotopic (exact) mass is 319 g/mol. The molecule has 0 saturated heterocycles. The number of hydrogen-bond acceptors (Lipinski definition) is 5. The number of nitrogens with zero attached hydrogens (tertiary/aromatic N) is 5. The molecule has 120 valence electrons. The van der Waals surface area contributed by atoms with E-state index in [0.29, 0.717) is 6.54 Å². The van der Waals surface area contributed by atoms with Gasteiger partial charge in [0.25, 0.3) is 0 Å². The maximum absolute atomic E-state index is 12.2. The van der Waals surface area contributed by atoms with E-state index in [1.54, 1.807) is 23.0 Å². The van der Waals surface area contributed by atoms with Crippen molar-refractivity contribution in [2.24, 2.45) is 7.05 Å². The molecule has 0 aliphatic heterocycles. The van der Waals surface area contributed by atoms with Gasteiger partial charge in [-0.15, -0.1) is 0 Å². The summed E-state index contributed by atoms with van der Waals surface area (Å²) in [6.45, 7) is -2.25. The highest BCUT2D eigenvalue weighted by Gasteiger charge is 2.12. The standard InChI is InChI=1S/C15H15F2N5O/c1-21(8-10-3-5-11(6-4-10)23-15(16)17)13-12-7-20-22(2)14(12)19-9-18-13/h3-7,9,15H,8H2,1-2H3. The average molecular weight is 319 g/mol. The van der Waals surface area contributed by atoms with E-state index < -0.39 is 6.61 Å². The smallest absolute Gasteiger partial charge is 0.387 e. The molecule has 8 heteroatoms. The minimum absolute atomic E-state index is 0.142. The fourth-order valence-corrected chi connectivity index (χ4v) is 2.38. The molecular weight excluding hydrogens is 304 g/mol. The van der Waals surface area contributed by atoms with E-state index >= 15 is 0 Å². The van der Waals surface area contributed by atoms with Crippen LogP contribution < -0.4 is 9.64 Å². The minimum Gasteiger partial charge on any atom is -0.435 e. The first-order valence-electron chi connectivity index (χ1n) is 6.92. The van der Waals surface area contributed by atoms with Crippen molar-refractivity contribution < 1.29 is 13.5 Å². The van der Waals surface area contributed by atoms with Gasteiger partial charge in [0.1, 0.15) is 17.9 Å². The van der Waals surface area contributed by atoms with E-state index in [0.717, 1.165) is 22.4 Å². The second kappa shape index (κ2) is 6.15. The molecule has 3 rings (SSSR count). The lowest BCUT2D eigenvalue weighted by Gasteiger charge is -2.18. The summed E-state index contributed by atoms with van der Waals surface area (Å²) in [4.78, 5) is 10.5. The largest absolute Gasteiger partial charge is 0.435 e. The zero-order valence-corrected chi connectivity index (χ0v) is 12.6. The van der Waals surface area contributed by atoms with Crippen LogP contribution in [-0.2, 0) is 13.6 Å². The lowest BCUT2D eigenvalue weighted by atomic mass is 10.2. The van der Waals surface area contributed by atoms with Crippen molar-refractivity contribution in [2.45, 2.75) is 13.2 Å². The topological polar surface area (TPSA) is 56.1 Å². The van der Waals surface area contributed by atoms with Crippen LogP contribution in [0.3, 0.4) is 0 Å². The fraction of sp³-hybridized carbons (Fsp3) is 0.267. The molecule has 6 nitrogen and oxygen atoms in total. The number of benzene rings is 1. The molecular formula is C15H15F2N5O. The van der Waals surface area contributed by atoms with E-state index in [1.165, 1.54) is 18.5 Å². The van der Waals surface area contributed by atoms with Gasteiger partial charge in [-0.25, -0.2) is 9.97 Å². The normalized spacial score (nSPS) is 11.2. The molecule has 0 radical (unpaired) electrons. The molecule has 2 heterocycles. The van der Waals surface area contributed by atoms with Crippen LogP contribution in [0, 0.1) is 0 Å². The first-order chi connectivity index (χ1) is 11.0. The van der Waals surface area contributed by atoms with E-state index in [9.17, 15) is 8.78 Å². The van der Waals surface area contributed by atoms with E-state index in [2.05, 4.69) is 19.8 Å². The number of alkyl halides is 2. The van der Waals surface area contributed by atoms with Crippen molar-refractivity contribution in [2.75, 3.05) is 11.9 Å². The Morgan fingerprint density at radius 2 is 1.96 bits per heavy atom. The first-order valence-corrected chi connectivity index (χ1v) is 6.92. The Morgan fingerprint density at radius 1 is 1.22 bits per heavy atom. The second-order valence-corrected chi connectivity index (χ2v) is 5.08. The number of aryl methyl sites for hydroxylation is 1. The molecule has 23 heavy (non-hydrogen) atoms. The third-order valence-corrected chi connectivity index (χ3v) is 3.44. The van der Waals surface area contributed by atoms with Crippen molar-refractivity contribution in [3.8, 4) is 5.75 Å². The molecule has 2 aromatic heterocycles. The lowest BCUT2D eigenvalue weighted by Crippen LogP contribution is -2.18. The maximum atomic E-state index is 12.2. The molecule has 0 aliphatic rings. The van der Waals surface area contributed by atoms with E-state index in [1.807, 2.05) is 19.0 Å². The predicted octanol–water partition coefficient (Wildman–Crippen LogP) is 2.60. The molecule has 0 atom stereocenters. The van der Waals surface area contributed by atoms with Gasteiger partial charge in [-0.2, -0.15) is 13.9 Å². The van der Waals surface area contributed by atoms with Gasteiger partial charge >= 0.3 is 6.61 Å². The molecule has 0 N–H and O–H groups in total. The second-order valence-electron chi connectivity index (χ2n) is 5.08. The summed E-state index contributed by atoms with van der Waals surface area (Å²) in [6.07, 6.45) is 3.22. The van der Waals surface area contributed by atoms with Crippen LogP contribution in [-0.4, -0.2) is 33.4 Å². The van der Waals surface area contributed by atoms with Crippen molar-refractivity contribution in [1.29, 1.82) is 0 Å². The summed E-state index contributed by atoms with van der Waals surface area (Å²) in [5.74, 6) is 0.902. The summed E-state index contributed by atoms with van der Waals surface area (Å²) in [7, 11) is 3.72. The highest BCUT2D eigenvalue weighted by atomic mass is 19.3. The molecule has 0 unspecified atom stereocenters. The average Bonchev–Trinajstić information content (AvgIpc) is 2.90. The number of hydrogen-bond donors (Lipinski definition) is 0. The van der Waals surface area contributed by atoms with Gasteiger partial charge in [-0.05, 0) is 17.7 Å². The maximum Gasteiger partial charge on any atom is 0.387 e. The summed E-state index contributed by atoms with van der Waals surface area (Å²) < 4.78 is 30.3. The van der Waals surface area contributed by atoms with Crippen LogP contribution in [0.5, 0.6) is 5.75 Å². The third kappa shape index (κ3) is 3.20.